The van der Waals surface area contributed by atoms with E-state index in [1.165, 1.54) is 28.4 Å². The van der Waals surface area contributed by atoms with Crippen molar-refractivity contribution in [3.05, 3.63) is 17.7 Å². The first kappa shape index (κ1) is 15.6. The molecular formula is C13H19N3O4. The van der Waals surface area contributed by atoms with Crippen LogP contribution in [-0.2, 0) is 11.2 Å². The summed E-state index contributed by atoms with van der Waals surface area (Å²) in [7, 11) is 5.94. The number of nitrogens with two attached hydrogens (primary N) is 1. The zero-order chi connectivity index (χ0) is 15.3. The summed E-state index contributed by atoms with van der Waals surface area (Å²) in [4.78, 5) is 13.0. The fourth-order valence-corrected chi connectivity index (χ4v) is 1.72. The average molecular weight is 281 g/mol. The molecule has 0 fully saturated rings. The van der Waals surface area contributed by atoms with E-state index in [-0.39, 0.29) is 18.3 Å². The van der Waals surface area contributed by atoms with E-state index in [4.69, 9.17) is 25.4 Å². The Balaban J connectivity index is 3.13. The van der Waals surface area contributed by atoms with Gasteiger partial charge in [0.25, 0.3) is 0 Å². The highest BCUT2D eigenvalue weighted by atomic mass is 16.5. The van der Waals surface area contributed by atoms with Gasteiger partial charge < -0.3 is 19.9 Å². The molecule has 1 aromatic rings. The Morgan fingerprint density at radius 2 is 1.80 bits per heavy atom. The molecule has 0 aliphatic carbocycles. The van der Waals surface area contributed by atoms with Crippen LogP contribution in [-0.4, -0.2) is 45.1 Å². The summed E-state index contributed by atoms with van der Waals surface area (Å²) in [5.41, 5.74) is 5.90. The summed E-state index contributed by atoms with van der Waals surface area (Å²) < 4.78 is 15.7. The summed E-state index contributed by atoms with van der Waals surface area (Å²) in [6.45, 7) is 0. The van der Waals surface area contributed by atoms with E-state index >= 15 is 0 Å². The maximum absolute atomic E-state index is 12.0. The van der Waals surface area contributed by atoms with Crippen molar-refractivity contribution < 1.29 is 19.0 Å². The number of ether oxygens (including phenoxy) is 3. The van der Waals surface area contributed by atoms with Crippen LogP contribution in [0.3, 0.4) is 0 Å². The molecule has 0 radical (unpaired) electrons. The zero-order valence-corrected chi connectivity index (χ0v) is 12.0. The van der Waals surface area contributed by atoms with Gasteiger partial charge in [0.2, 0.25) is 11.7 Å². The van der Waals surface area contributed by atoms with Crippen molar-refractivity contribution in [3.8, 4) is 17.2 Å². The number of rotatable bonds is 5. The molecule has 0 atom stereocenters. The number of hydrogen-bond acceptors (Lipinski definition) is 5. The lowest BCUT2D eigenvalue weighted by Crippen LogP contribution is -2.38. The Kier molecular flexibility index (Phi) is 5.19. The summed E-state index contributed by atoms with van der Waals surface area (Å²) in [6.07, 6.45) is 0.0413. The van der Waals surface area contributed by atoms with Crippen molar-refractivity contribution in [1.82, 2.24) is 4.90 Å². The number of hydrogen-bond donors (Lipinski definition) is 2. The average Bonchev–Trinajstić information content (AvgIpc) is 2.45. The normalized spacial score (nSPS) is 9.80. The van der Waals surface area contributed by atoms with Crippen LogP contribution >= 0.6 is 0 Å². The lowest BCUT2D eigenvalue weighted by atomic mass is 10.1. The van der Waals surface area contributed by atoms with E-state index in [1.54, 1.807) is 12.1 Å². The number of nitrogens with one attached hydrogen (secondary N) is 1. The molecule has 0 heterocycles. The molecule has 0 saturated carbocycles. The van der Waals surface area contributed by atoms with Crippen LogP contribution < -0.4 is 19.9 Å². The van der Waals surface area contributed by atoms with Crippen molar-refractivity contribution in [1.29, 1.82) is 5.41 Å². The highest BCUT2D eigenvalue weighted by Gasteiger charge is 2.20. The molecule has 20 heavy (non-hydrogen) atoms. The van der Waals surface area contributed by atoms with Crippen LogP contribution in [0.4, 0.5) is 0 Å². The highest BCUT2D eigenvalue weighted by molar-refractivity contribution is 5.95. The lowest BCUT2D eigenvalue weighted by molar-refractivity contribution is -0.125. The second-order valence-electron chi connectivity index (χ2n) is 4.01. The van der Waals surface area contributed by atoms with Crippen molar-refractivity contribution in [2.45, 2.75) is 6.42 Å². The van der Waals surface area contributed by atoms with Crippen molar-refractivity contribution in [2.24, 2.45) is 5.73 Å². The third kappa shape index (κ3) is 3.11. The first-order valence-corrected chi connectivity index (χ1v) is 5.84. The maximum Gasteiger partial charge on any atom is 0.233 e. The molecule has 110 valence electrons. The number of carbonyl (C=O) groups excluding carboxylic acids is 1. The van der Waals surface area contributed by atoms with E-state index < -0.39 is 0 Å². The minimum atomic E-state index is -0.317. The predicted molar refractivity (Wildman–Crippen MR) is 74.5 cm³/mol. The predicted octanol–water partition coefficient (Wildman–Crippen LogP) is 0.607. The van der Waals surface area contributed by atoms with Crippen LogP contribution in [0.15, 0.2) is 12.1 Å². The van der Waals surface area contributed by atoms with Gasteiger partial charge in [-0.15, -0.1) is 0 Å². The Hall–Kier alpha value is -2.44. The minimum absolute atomic E-state index is 0.0413. The second-order valence-corrected chi connectivity index (χ2v) is 4.01. The molecule has 7 heteroatoms. The van der Waals surface area contributed by atoms with E-state index in [1.807, 2.05) is 0 Å². The van der Waals surface area contributed by atoms with Gasteiger partial charge in [0.1, 0.15) is 0 Å². The van der Waals surface area contributed by atoms with Crippen LogP contribution in [0.25, 0.3) is 0 Å². The molecule has 0 aromatic heterocycles. The number of nitrogens with zero attached hydrogens (tertiary/aromatic N) is 1. The minimum Gasteiger partial charge on any atom is -0.493 e. The first-order chi connectivity index (χ1) is 9.46. The number of likely N-dealkylation sites (N-methyl/N-ethyl adjacent to an activating group) is 1. The van der Waals surface area contributed by atoms with Gasteiger partial charge in [0.15, 0.2) is 17.5 Å². The highest BCUT2D eigenvalue weighted by Crippen LogP contribution is 2.39. The Bertz CT molecular complexity index is 517. The topological polar surface area (TPSA) is 97.9 Å². The zero-order valence-electron chi connectivity index (χ0n) is 12.0. The van der Waals surface area contributed by atoms with Crippen molar-refractivity contribution >= 4 is 11.9 Å². The smallest absolute Gasteiger partial charge is 0.233 e. The molecular weight excluding hydrogens is 262 g/mol. The van der Waals surface area contributed by atoms with Gasteiger partial charge in [0, 0.05) is 12.6 Å². The summed E-state index contributed by atoms with van der Waals surface area (Å²) >= 11 is 0. The first-order valence-electron chi connectivity index (χ1n) is 5.84. The third-order valence-corrected chi connectivity index (χ3v) is 2.86. The number of guanidine groups is 1. The Labute approximate surface area is 117 Å². The largest absolute Gasteiger partial charge is 0.493 e. The molecule has 7 nitrogen and oxygen atoms in total. The molecule has 3 N–H and O–H groups in total. The van der Waals surface area contributed by atoms with E-state index in [2.05, 4.69) is 0 Å². The van der Waals surface area contributed by atoms with E-state index in [9.17, 15) is 4.79 Å². The molecule has 0 unspecified atom stereocenters. The molecule has 0 spiro atoms. The lowest BCUT2D eigenvalue weighted by Gasteiger charge is -2.18. The molecule has 0 bridgehead atoms. The van der Waals surface area contributed by atoms with Crippen LogP contribution in [0.2, 0.25) is 0 Å². The standard InChI is InChI=1S/C13H19N3O4/c1-16(13(14)15)10(17)7-8-5-6-9(18-2)12(20-4)11(8)19-3/h5-6H,7H2,1-4H3,(H3,14,15). The van der Waals surface area contributed by atoms with Crippen molar-refractivity contribution in [3.63, 3.8) is 0 Å². The molecule has 1 rings (SSSR count). The van der Waals surface area contributed by atoms with E-state index in [0.717, 1.165) is 4.90 Å². The monoisotopic (exact) mass is 281 g/mol. The summed E-state index contributed by atoms with van der Waals surface area (Å²) in [5, 5.41) is 7.24. The molecule has 1 aromatic carbocycles. The van der Waals surface area contributed by atoms with Gasteiger partial charge in [-0.3, -0.25) is 15.1 Å². The number of methoxy groups -OCH3 is 3. The van der Waals surface area contributed by atoms with Gasteiger partial charge >= 0.3 is 0 Å². The summed E-state index contributed by atoms with van der Waals surface area (Å²) in [5.74, 6) is 0.737. The van der Waals surface area contributed by atoms with Crippen LogP contribution in [0, 0.1) is 5.41 Å². The molecule has 0 saturated heterocycles. The number of benzene rings is 1. The Morgan fingerprint density at radius 1 is 1.20 bits per heavy atom. The van der Waals surface area contributed by atoms with Gasteiger partial charge in [-0.1, -0.05) is 6.07 Å². The van der Waals surface area contributed by atoms with Gasteiger partial charge in [-0.05, 0) is 6.07 Å². The van der Waals surface area contributed by atoms with Crippen LogP contribution in [0.1, 0.15) is 5.56 Å². The van der Waals surface area contributed by atoms with Gasteiger partial charge in [-0.25, -0.2) is 0 Å². The molecule has 0 aliphatic heterocycles. The van der Waals surface area contributed by atoms with Crippen molar-refractivity contribution in [2.75, 3.05) is 28.4 Å². The fourth-order valence-electron chi connectivity index (χ4n) is 1.72. The number of amides is 1. The van der Waals surface area contributed by atoms with Gasteiger partial charge in [-0.2, -0.15) is 0 Å². The number of carbonyl (C=O) groups is 1. The Morgan fingerprint density at radius 3 is 2.25 bits per heavy atom. The van der Waals surface area contributed by atoms with Crippen LogP contribution in [0.5, 0.6) is 17.2 Å². The second kappa shape index (κ2) is 6.65. The van der Waals surface area contributed by atoms with E-state index in [0.29, 0.717) is 22.8 Å². The third-order valence-electron chi connectivity index (χ3n) is 2.86. The molecule has 1 amide bonds. The molecule has 0 aliphatic rings. The fraction of sp³-hybridized carbons (Fsp3) is 0.385. The maximum atomic E-state index is 12.0. The quantitative estimate of drug-likeness (QED) is 0.608. The summed E-state index contributed by atoms with van der Waals surface area (Å²) in [6, 6.07) is 3.41. The SMILES string of the molecule is COc1ccc(CC(=O)N(C)C(=N)N)c(OC)c1OC. The van der Waals surface area contributed by atoms with Gasteiger partial charge in [0.05, 0.1) is 27.8 Å².